The van der Waals surface area contributed by atoms with E-state index in [4.69, 9.17) is 9.47 Å². The molecule has 2 rings (SSSR count). The van der Waals surface area contributed by atoms with Crippen molar-refractivity contribution in [1.29, 1.82) is 0 Å². The first-order chi connectivity index (χ1) is 6.55. The average molecular weight is 199 g/mol. The van der Waals surface area contributed by atoms with Gasteiger partial charge in [-0.05, 0) is 24.7 Å². The summed E-state index contributed by atoms with van der Waals surface area (Å²) in [6.07, 6.45) is 3.32. The highest BCUT2D eigenvalue weighted by Crippen LogP contribution is 2.49. The van der Waals surface area contributed by atoms with Crippen LogP contribution in [-0.2, 0) is 9.47 Å². The molecule has 2 aliphatic rings. The lowest BCUT2D eigenvalue weighted by atomic mass is 9.65. The van der Waals surface area contributed by atoms with Gasteiger partial charge in [0.1, 0.15) is 5.72 Å². The van der Waals surface area contributed by atoms with Crippen LogP contribution in [0, 0.1) is 5.41 Å². The highest BCUT2D eigenvalue weighted by molar-refractivity contribution is 5.02. The zero-order valence-corrected chi connectivity index (χ0v) is 9.43. The molecule has 3 nitrogen and oxygen atoms in total. The number of hydrogen-bond donors (Lipinski definition) is 1. The molecule has 2 fully saturated rings. The fraction of sp³-hybridized carbons (Fsp3) is 1.00. The lowest BCUT2D eigenvalue weighted by Gasteiger charge is -2.56. The van der Waals surface area contributed by atoms with Gasteiger partial charge in [-0.3, -0.25) is 5.32 Å². The molecule has 0 aromatic carbocycles. The van der Waals surface area contributed by atoms with E-state index >= 15 is 0 Å². The fourth-order valence-electron chi connectivity index (χ4n) is 2.91. The maximum atomic E-state index is 5.85. The van der Waals surface area contributed by atoms with Gasteiger partial charge in [-0.15, -0.1) is 0 Å². The monoisotopic (exact) mass is 199 g/mol. The third-order valence-electron chi connectivity index (χ3n) is 3.21. The molecule has 1 saturated carbocycles. The van der Waals surface area contributed by atoms with Crippen LogP contribution in [0.15, 0.2) is 0 Å². The molecule has 0 amide bonds. The zero-order chi connectivity index (χ0) is 10.2. The van der Waals surface area contributed by atoms with Crippen LogP contribution in [0.3, 0.4) is 0 Å². The second-order valence-electron chi connectivity index (χ2n) is 5.45. The van der Waals surface area contributed by atoms with Gasteiger partial charge < -0.3 is 9.47 Å². The Kier molecular flexibility index (Phi) is 2.58. The van der Waals surface area contributed by atoms with Gasteiger partial charge in [0.05, 0.1) is 13.2 Å². The van der Waals surface area contributed by atoms with E-state index in [1.807, 2.05) is 0 Å². The normalized spacial score (nSPS) is 34.1. The maximum absolute atomic E-state index is 5.85. The van der Waals surface area contributed by atoms with Gasteiger partial charge in [-0.25, -0.2) is 0 Å². The highest BCUT2D eigenvalue weighted by atomic mass is 16.5. The van der Waals surface area contributed by atoms with Crippen molar-refractivity contribution in [3.05, 3.63) is 0 Å². The minimum absolute atomic E-state index is 0.0229. The van der Waals surface area contributed by atoms with Gasteiger partial charge in [0, 0.05) is 13.2 Å². The van der Waals surface area contributed by atoms with E-state index in [0.717, 1.165) is 32.5 Å². The third kappa shape index (κ3) is 1.95. The minimum Gasteiger partial charge on any atom is -0.383 e. The number of ether oxygens (including phenoxy) is 2. The van der Waals surface area contributed by atoms with Gasteiger partial charge in [0.25, 0.3) is 0 Å². The maximum Gasteiger partial charge on any atom is 0.120 e. The minimum atomic E-state index is -0.0229. The largest absolute Gasteiger partial charge is 0.383 e. The quantitative estimate of drug-likeness (QED) is 0.731. The second-order valence-corrected chi connectivity index (χ2v) is 5.45. The Morgan fingerprint density at radius 1 is 1.43 bits per heavy atom. The highest BCUT2D eigenvalue weighted by Gasteiger charge is 2.52. The van der Waals surface area contributed by atoms with E-state index in [1.54, 1.807) is 7.11 Å². The van der Waals surface area contributed by atoms with Crippen LogP contribution in [-0.4, -0.2) is 32.1 Å². The van der Waals surface area contributed by atoms with Crippen LogP contribution in [0.25, 0.3) is 0 Å². The van der Waals surface area contributed by atoms with Gasteiger partial charge >= 0.3 is 0 Å². The summed E-state index contributed by atoms with van der Waals surface area (Å²) < 4.78 is 11.0. The van der Waals surface area contributed by atoms with Crippen molar-refractivity contribution in [3.63, 3.8) is 0 Å². The van der Waals surface area contributed by atoms with E-state index in [0.29, 0.717) is 11.5 Å². The molecule has 1 aliphatic heterocycles. The predicted octanol–water partition coefficient (Wildman–Crippen LogP) is 1.53. The van der Waals surface area contributed by atoms with Crippen molar-refractivity contribution in [2.24, 2.45) is 5.41 Å². The molecule has 1 atom stereocenters. The third-order valence-corrected chi connectivity index (χ3v) is 3.21. The van der Waals surface area contributed by atoms with Crippen LogP contribution in [0.1, 0.15) is 33.1 Å². The smallest absolute Gasteiger partial charge is 0.120 e. The van der Waals surface area contributed by atoms with Crippen LogP contribution >= 0.6 is 0 Å². The van der Waals surface area contributed by atoms with Gasteiger partial charge in [-0.1, -0.05) is 13.8 Å². The van der Waals surface area contributed by atoms with Gasteiger partial charge in [0.2, 0.25) is 0 Å². The molecule has 0 aromatic heterocycles. The molecule has 82 valence electrons. The number of methoxy groups -OCH3 is 1. The molecule has 1 unspecified atom stereocenters. The molecule has 14 heavy (non-hydrogen) atoms. The summed E-state index contributed by atoms with van der Waals surface area (Å²) in [6.45, 7) is 6.26. The molecule has 0 radical (unpaired) electrons. The van der Waals surface area contributed by atoms with E-state index < -0.39 is 0 Å². The van der Waals surface area contributed by atoms with Crippen LogP contribution < -0.4 is 5.32 Å². The second kappa shape index (κ2) is 3.47. The molecular formula is C11H21NO2. The van der Waals surface area contributed by atoms with Crippen molar-refractivity contribution in [2.45, 2.75) is 44.9 Å². The lowest BCUT2D eigenvalue weighted by Crippen LogP contribution is -2.66. The zero-order valence-electron chi connectivity index (χ0n) is 9.43. The Morgan fingerprint density at radius 2 is 2.14 bits per heavy atom. The van der Waals surface area contributed by atoms with E-state index in [-0.39, 0.29) is 5.72 Å². The topological polar surface area (TPSA) is 30.5 Å². The average Bonchev–Trinajstić information content (AvgIpc) is 2.01. The summed E-state index contributed by atoms with van der Waals surface area (Å²) in [6, 6.07) is 0.477. The van der Waals surface area contributed by atoms with E-state index in [9.17, 15) is 0 Å². The summed E-state index contributed by atoms with van der Waals surface area (Å²) >= 11 is 0. The Balaban J connectivity index is 1.89. The van der Waals surface area contributed by atoms with Crippen LogP contribution in [0.2, 0.25) is 0 Å². The molecule has 1 saturated heterocycles. The molecule has 3 heteroatoms. The first-order valence-corrected chi connectivity index (χ1v) is 5.46. The van der Waals surface area contributed by atoms with Crippen molar-refractivity contribution in [1.82, 2.24) is 5.32 Å². The molecule has 0 aromatic rings. The van der Waals surface area contributed by atoms with Crippen molar-refractivity contribution in [2.75, 3.05) is 20.3 Å². The Labute approximate surface area is 86.2 Å². The number of rotatable bonds is 2. The van der Waals surface area contributed by atoms with E-state index in [1.165, 1.54) is 0 Å². The summed E-state index contributed by atoms with van der Waals surface area (Å²) in [7, 11) is 1.76. The summed E-state index contributed by atoms with van der Waals surface area (Å²) in [5, 5.41) is 3.58. The Bertz CT molecular complexity index is 205. The summed E-state index contributed by atoms with van der Waals surface area (Å²) in [4.78, 5) is 0. The van der Waals surface area contributed by atoms with Gasteiger partial charge in [0.15, 0.2) is 0 Å². The van der Waals surface area contributed by atoms with Crippen LogP contribution in [0.4, 0.5) is 0 Å². The number of hydrogen-bond acceptors (Lipinski definition) is 3. The fourth-order valence-corrected chi connectivity index (χ4v) is 2.91. The molecular weight excluding hydrogens is 178 g/mol. The van der Waals surface area contributed by atoms with Crippen molar-refractivity contribution in [3.8, 4) is 0 Å². The SMILES string of the molecule is COCC1CCOC2(CC(C)(C)C2)N1. The lowest BCUT2D eigenvalue weighted by molar-refractivity contribution is -0.207. The summed E-state index contributed by atoms with van der Waals surface area (Å²) in [5.74, 6) is 0. The van der Waals surface area contributed by atoms with Crippen molar-refractivity contribution >= 4 is 0 Å². The Hall–Kier alpha value is -0.120. The molecule has 1 spiro atoms. The molecule has 0 bridgehead atoms. The first kappa shape index (κ1) is 10.4. The van der Waals surface area contributed by atoms with Crippen molar-refractivity contribution < 1.29 is 9.47 Å². The number of nitrogens with one attached hydrogen (secondary N) is 1. The summed E-state index contributed by atoms with van der Waals surface area (Å²) in [5.41, 5.74) is 0.424. The van der Waals surface area contributed by atoms with Crippen LogP contribution in [0.5, 0.6) is 0 Å². The predicted molar refractivity (Wildman–Crippen MR) is 55.1 cm³/mol. The molecule has 1 aliphatic carbocycles. The van der Waals surface area contributed by atoms with Gasteiger partial charge in [-0.2, -0.15) is 0 Å². The molecule has 1 N–H and O–H groups in total. The van der Waals surface area contributed by atoms with E-state index in [2.05, 4.69) is 19.2 Å². The standard InChI is InChI=1S/C11H21NO2/c1-10(2)7-11(8-10)12-9(6-13-3)4-5-14-11/h9,12H,4-8H2,1-3H3. The Morgan fingerprint density at radius 3 is 2.71 bits per heavy atom. The first-order valence-electron chi connectivity index (χ1n) is 5.46. The molecule has 1 heterocycles.